The van der Waals surface area contributed by atoms with Crippen LogP contribution in [-0.2, 0) is 26.2 Å². The quantitative estimate of drug-likeness (QED) is 0.342. The Morgan fingerprint density at radius 1 is 1.00 bits per heavy atom. The number of anilines is 1. The van der Waals surface area contributed by atoms with Crippen LogP contribution in [0.25, 0.3) is 0 Å². The van der Waals surface area contributed by atoms with Crippen molar-refractivity contribution >= 4 is 27.5 Å². The van der Waals surface area contributed by atoms with E-state index in [0.717, 1.165) is 9.87 Å². The summed E-state index contributed by atoms with van der Waals surface area (Å²) in [6.45, 7) is 6.55. The van der Waals surface area contributed by atoms with Crippen molar-refractivity contribution in [2.24, 2.45) is 0 Å². The van der Waals surface area contributed by atoms with Crippen molar-refractivity contribution in [2.45, 2.75) is 57.6 Å². The van der Waals surface area contributed by atoms with Gasteiger partial charge in [0.15, 0.2) is 0 Å². The van der Waals surface area contributed by atoms with Gasteiger partial charge in [-0.2, -0.15) is 0 Å². The summed E-state index contributed by atoms with van der Waals surface area (Å²) in [6.07, 6.45) is 0.695. The summed E-state index contributed by atoms with van der Waals surface area (Å²) in [5.41, 5.74) is 1.54. The average Bonchev–Trinajstić information content (AvgIpc) is 2.95. The van der Waals surface area contributed by atoms with E-state index in [9.17, 15) is 22.4 Å². The van der Waals surface area contributed by atoms with E-state index >= 15 is 0 Å². The van der Waals surface area contributed by atoms with Gasteiger partial charge in [-0.25, -0.2) is 12.8 Å². The summed E-state index contributed by atoms with van der Waals surface area (Å²) in [4.78, 5) is 28.4. The van der Waals surface area contributed by atoms with E-state index in [-0.39, 0.29) is 34.8 Å². The molecule has 214 valence electrons. The molecule has 0 radical (unpaired) electrons. The van der Waals surface area contributed by atoms with Crippen molar-refractivity contribution in [3.63, 3.8) is 0 Å². The summed E-state index contributed by atoms with van der Waals surface area (Å²) in [5.74, 6) is -1.16. The molecule has 0 fully saturated rings. The van der Waals surface area contributed by atoms with Gasteiger partial charge in [0.25, 0.3) is 10.0 Å². The number of carbonyl (C=O) groups excluding carboxylic acids is 2. The van der Waals surface area contributed by atoms with Gasteiger partial charge in [0.05, 0.1) is 17.7 Å². The lowest BCUT2D eigenvalue weighted by atomic mass is 10.1. The number of amides is 2. The monoisotopic (exact) mass is 569 g/mol. The smallest absolute Gasteiger partial charge is 0.264 e. The maximum absolute atomic E-state index is 14.0. The second-order valence-electron chi connectivity index (χ2n) is 9.64. The van der Waals surface area contributed by atoms with E-state index in [1.54, 1.807) is 50.2 Å². The molecular weight excluding hydrogens is 533 g/mol. The number of rotatable bonds is 12. The summed E-state index contributed by atoms with van der Waals surface area (Å²) in [5, 5.41) is 2.88. The lowest BCUT2D eigenvalue weighted by Crippen LogP contribution is -2.52. The standard InChI is InChI=1S/C30H36FN3O5S/c1-6-22(3)32-30(36)23(4)33(19-24-13-15-25(31)16-14-24)29(35)20-34(27-18-21(2)12-17-28(27)39-5)40(37,38)26-10-8-7-9-11-26/h7-18,22-23H,6,19-20H2,1-5H3,(H,32,36)/t22-,23-/m0/s1. The molecule has 2 amide bonds. The van der Waals surface area contributed by atoms with Crippen LogP contribution in [0, 0.1) is 12.7 Å². The number of sulfonamides is 1. The first-order valence-electron chi connectivity index (χ1n) is 13.0. The molecule has 10 heteroatoms. The maximum atomic E-state index is 14.0. The highest BCUT2D eigenvalue weighted by molar-refractivity contribution is 7.92. The van der Waals surface area contributed by atoms with Crippen molar-refractivity contribution in [3.05, 3.63) is 89.7 Å². The highest BCUT2D eigenvalue weighted by Crippen LogP contribution is 2.33. The molecule has 0 aliphatic carbocycles. The Morgan fingerprint density at radius 3 is 2.25 bits per heavy atom. The molecule has 3 aromatic carbocycles. The Balaban J connectivity index is 2.08. The SMILES string of the molecule is CC[C@H](C)NC(=O)[C@H](C)N(Cc1ccc(F)cc1)C(=O)CN(c1cc(C)ccc1OC)S(=O)(=O)c1ccccc1. The van der Waals surface area contributed by atoms with Gasteiger partial charge in [-0.1, -0.05) is 43.3 Å². The van der Waals surface area contributed by atoms with Gasteiger partial charge in [0.1, 0.15) is 24.2 Å². The van der Waals surface area contributed by atoms with Crippen molar-refractivity contribution in [1.29, 1.82) is 0 Å². The summed E-state index contributed by atoms with van der Waals surface area (Å²) >= 11 is 0. The van der Waals surface area contributed by atoms with Crippen molar-refractivity contribution in [2.75, 3.05) is 18.0 Å². The normalized spacial score (nSPS) is 12.8. The first-order chi connectivity index (χ1) is 19.0. The molecule has 0 saturated heterocycles. The third-order valence-electron chi connectivity index (χ3n) is 6.65. The Labute approximate surface area is 235 Å². The molecule has 40 heavy (non-hydrogen) atoms. The molecule has 3 aromatic rings. The summed E-state index contributed by atoms with van der Waals surface area (Å²) in [6, 6.07) is 17.4. The van der Waals surface area contributed by atoms with Crippen LogP contribution in [0.3, 0.4) is 0 Å². The predicted octanol–water partition coefficient (Wildman–Crippen LogP) is 4.67. The van der Waals surface area contributed by atoms with Gasteiger partial charge in [-0.15, -0.1) is 0 Å². The van der Waals surface area contributed by atoms with E-state index in [1.165, 1.54) is 48.4 Å². The van der Waals surface area contributed by atoms with Crippen LogP contribution in [0.2, 0.25) is 0 Å². The van der Waals surface area contributed by atoms with Gasteiger partial charge in [-0.3, -0.25) is 13.9 Å². The second kappa shape index (κ2) is 13.4. The molecule has 0 spiro atoms. The zero-order valence-electron chi connectivity index (χ0n) is 23.4. The molecule has 0 heterocycles. The number of ether oxygens (including phenoxy) is 1. The van der Waals surface area contributed by atoms with Crippen LogP contribution in [0.15, 0.2) is 77.7 Å². The lowest BCUT2D eigenvalue weighted by Gasteiger charge is -2.33. The lowest BCUT2D eigenvalue weighted by molar-refractivity contribution is -0.139. The number of hydrogen-bond donors (Lipinski definition) is 1. The largest absolute Gasteiger partial charge is 0.495 e. The molecule has 2 atom stereocenters. The minimum absolute atomic E-state index is 0.000920. The fraction of sp³-hybridized carbons (Fsp3) is 0.333. The highest BCUT2D eigenvalue weighted by atomic mass is 32.2. The van der Waals surface area contributed by atoms with Gasteiger partial charge < -0.3 is 15.0 Å². The maximum Gasteiger partial charge on any atom is 0.264 e. The van der Waals surface area contributed by atoms with E-state index < -0.39 is 34.3 Å². The van der Waals surface area contributed by atoms with Crippen molar-refractivity contribution < 1.29 is 27.1 Å². The minimum Gasteiger partial charge on any atom is -0.495 e. The molecule has 0 saturated carbocycles. The minimum atomic E-state index is -4.22. The van der Waals surface area contributed by atoms with Crippen LogP contribution < -0.4 is 14.4 Å². The highest BCUT2D eigenvalue weighted by Gasteiger charge is 2.34. The number of aryl methyl sites for hydroxylation is 1. The van der Waals surface area contributed by atoms with E-state index in [0.29, 0.717) is 12.0 Å². The second-order valence-corrected chi connectivity index (χ2v) is 11.5. The van der Waals surface area contributed by atoms with Gasteiger partial charge >= 0.3 is 0 Å². The van der Waals surface area contributed by atoms with E-state index in [4.69, 9.17) is 4.74 Å². The number of nitrogens with one attached hydrogen (secondary N) is 1. The molecule has 0 unspecified atom stereocenters. The Hall–Kier alpha value is -3.92. The van der Waals surface area contributed by atoms with Crippen LogP contribution in [0.1, 0.15) is 38.3 Å². The molecular formula is C30H36FN3O5S. The number of halogens is 1. The Morgan fingerprint density at radius 2 is 1.65 bits per heavy atom. The summed E-state index contributed by atoms with van der Waals surface area (Å²) in [7, 11) is -2.80. The van der Waals surface area contributed by atoms with Gasteiger partial charge in [-0.05, 0) is 74.7 Å². The zero-order valence-corrected chi connectivity index (χ0v) is 24.2. The van der Waals surface area contributed by atoms with E-state index in [2.05, 4.69) is 5.32 Å². The third-order valence-corrected chi connectivity index (χ3v) is 8.42. The molecule has 0 bridgehead atoms. The Bertz CT molecular complexity index is 1420. The van der Waals surface area contributed by atoms with Crippen LogP contribution in [-0.4, -0.2) is 50.9 Å². The predicted molar refractivity (Wildman–Crippen MR) is 153 cm³/mol. The fourth-order valence-electron chi connectivity index (χ4n) is 4.06. The number of methoxy groups -OCH3 is 1. The van der Waals surface area contributed by atoms with E-state index in [1.807, 2.05) is 13.8 Å². The van der Waals surface area contributed by atoms with Gasteiger partial charge in [0, 0.05) is 12.6 Å². The zero-order chi connectivity index (χ0) is 29.4. The number of nitrogens with zero attached hydrogens (tertiary/aromatic N) is 2. The molecule has 0 aromatic heterocycles. The first-order valence-corrected chi connectivity index (χ1v) is 14.5. The molecule has 1 N–H and O–H groups in total. The number of benzene rings is 3. The third kappa shape index (κ3) is 7.38. The Kier molecular flexibility index (Phi) is 10.3. The van der Waals surface area contributed by atoms with Crippen molar-refractivity contribution in [3.8, 4) is 5.75 Å². The van der Waals surface area contributed by atoms with Crippen LogP contribution >= 0.6 is 0 Å². The first kappa shape index (κ1) is 30.6. The molecule has 8 nitrogen and oxygen atoms in total. The van der Waals surface area contributed by atoms with Crippen LogP contribution in [0.5, 0.6) is 5.75 Å². The molecule has 3 rings (SSSR count). The number of hydrogen-bond acceptors (Lipinski definition) is 5. The van der Waals surface area contributed by atoms with Crippen molar-refractivity contribution in [1.82, 2.24) is 10.2 Å². The fourth-order valence-corrected chi connectivity index (χ4v) is 5.50. The van der Waals surface area contributed by atoms with Crippen LogP contribution in [0.4, 0.5) is 10.1 Å². The molecule has 0 aliphatic rings. The topological polar surface area (TPSA) is 96.0 Å². The average molecular weight is 570 g/mol. The van der Waals surface area contributed by atoms with Gasteiger partial charge in [0.2, 0.25) is 11.8 Å². The summed E-state index contributed by atoms with van der Waals surface area (Å²) < 4.78 is 47.9. The number of carbonyl (C=O) groups is 2. The molecule has 0 aliphatic heterocycles.